The van der Waals surface area contributed by atoms with Gasteiger partial charge in [-0.15, -0.1) is 0 Å². The maximum atomic E-state index is 12.9. The number of aromatic nitrogens is 1. The van der Waals surface area contributed by atoms with E-state index in [1.165, 1.54) is 4.90 Å². The smallest absolute Gasteiger partial charge is 0.301 e. The molecule has 1 atom stereocenters. The van der Waals surface area contributed by atoms with Crippen molar-refractivity contribution < 1.29 is 19.2 Å². The van der Waals surface area contributed by atoms with Gasteiger partial charge in [-0.25, -0.2) is 0 Å². The third-order valence-electron chi connectivity index (χ3n) is 4.59. The number of ketones is 1. The van der Waals surface area contributed by atoms with Crippen molar-refractivity contribution in [3.63, 3.8) is 0 Å². The number of nitrogens with zero attached hydrogens (tertiary/aromatic N) is 2. The molecule has 2 heterocycles. The Morgan fingerprint density at radius 3 is 2.41 bits per heavy atom. The van der Waals surface area contributed by atoms with Gasteiger partial charge in [-0.05, 0) is 48.9 Å². The van der Waals surface area contributed by atoms with Crippen molar-refractivity contribution in [2.75, 3.05) is 4.90 Å². The minimum absolute atomic E-state index is 0.0692. The molecule has 0 saturated carbocycles. The summed E-state index contributed by atoms with van der Waals surface area (Å²) < 4.78 is 5.09. The monoisotopic (exact) mass is 428 g/mol. The molecule has 29 heavy (non-hydrogen) atoms. The lowest BCUT2D eigenvalue weighted by atomic mass is 9.95. The van der Waals surface area contributed by atoms with Crippen LogP contribution in [0.1, 0.15) is 22.9 Å². The Balaban J connectivity index is 1.95. The molecule has 1 aromatic heterocycles. The normalized spacial score (nSPS) is 18.4. The molecule has 3 aromatic rings. The number of aliphatic hydroxyl groups is 1. The summed E-state index contributed by atoms with van der Waals surface area (Å²) in [6.45, 7) is 1.68. The standard InChI is InChI=1S/C21H14Cl2N2O4/c1-11-9-16(24-29-11)25-18(13-3-2-4-15(23)10-13)17(20(27)21(25)28)19(26)12-5-7-14(22)8-6-12/h2-10,18,26H,1H3/b19-17+. The molecule has 0 bridgehead atoms. The number of halogens is 2. The highest BCUT2D eigenvalue weighted by Gasteiger charge is 2.48. The van der Waals surface area contributed by atoms with E-state index < -0.39 is 17.7 Å². The van der Waals surface area contributed by atoms with E-state index in [1.54, 1.807) is 61.5 Å². The lowest BCUT2D eigenvalue weighted by Crippen LogP contribution is -2.29. The van der Waals surface area contributed by atoms with Gasteiger partial charge in [-0.1, -0.05) is 40.5 Å². The minimum Gasteiger partial charge on any atom is -0.507 e. The number of aliphatic hydroxyl groups excluding tert-OH is 1. The van der Waals surface area contributed by atoms with Crippen LogP contribution in [0.5, 0.6) is 0 Å². The highest BCUT2D eigenvalue weighted by atomic mass is 35.5. The first-order valence-corrected chi connectivity index (χ1v) is 9.38. The number of carbonyl (C=O) groups excluding carboxylic acids is 2. The number of rotatable bonds is 3. The Kier molecular flexibility index (Phi) is 4.90. The molecule has 2 aromatic carbocycles. The number of anilines is 1. The number of carbonyl (C=O) groups is 2. The largest absolute Gasteiger partial charge is 0.507 e. The van der Waals surface area contributed by atoms with Crippen molar-refractivity contribution >= 4 is 46.5 Å². The Labute approximate surface area is 175 Å². The van der Waals surface area contributed by atoms with Gasteiger partial charge in [-0.2, -0.15) is 0 Å². The van der Waals surface area contributed by atoms with Crippen molar-refractivity contribution in [3.05, 3.63) is 87.1 Å². The van der Waals surface area contributed by atoms with Gasteiger partial charge in [0.15, 0.2) is 5.82 Å². The molecule has 1 fully saturated rings. The molecule has 146 valence electrons. The first kappa shape index (κ1) is 19.2. The average molecular weight is 429 g/mol. The van der Waals surface area contributed by atoms with Gasteiger partial charge in [0.25, 0.3) is 5.78 Å². The lowest BCUT2D eigenvalue weighted by molar-refractivity contribution is -0.132. The van der Waals surface area contributed by atoms with Gasteiger partial charge in [0.05, 0.1) is 11.6 Å². The molecule has 1 aliphatic heterocycles. The molecule has 1 unspecified atom stereocenters. The highest BCUT2D eigenvalue weighted by molar-refractivity contribution is 6.51. The van der Waals surface area contributed by atoms with Crippen molar-refractivity contribution in [1.82, 2.24) is 5.16 Å². The van der Waals surface area contributed by atoms with E-state index in [9.17, 15) is 14.7 Å². The zero-order chi connectivity index (χ0) is 20.7. The molecule has 1 aliphatic rings. The van der Waals surface area contributed by atoms with Crippen LogP contribution in [-0.4, -0.2) is 22.0 Å². The summed E-state index contributed by atoms with van der Waals surface area (Å²) in [5.41, 5.74) is 0.837. The number of benzene rings is 2. The van der Waals surface area contributed by atoms with Crippen LogP contribution in [-0.2, 0) is 9.59 Å². The summed E-state index contributed by atoms with van der Waals surface area (Å²) in [6.07, 6.45) is 0. The second kappa shape index (κ2) is 7.39. The SMILES string of the molecule is Cc1cc(N2C(=O)C(=O)/C(=C(/O)c3ccc(Cl)cc3)C2c2cccc(Cl)c2)no1. The lowest BCUT2D eigenvalue weighted by Gasteiger charge is -2.23. The molecule has 0 spiro atoms. The topological polar surface area (TPSA) is 83.6 Å². The Morgan fingerprint density at radius 2 is 1.79 bits per heavy atom. The third-order valence-corrected chi connectivity index (χ3v) is 5.08. The highest BCUT2D eigenvalue weighted by Crippen LogP contribution is 2.42. The first-order valence-electron chi connectivity index (χ1n) is 8.62. The fraction of sp³-hybridized carbons (Fsp3) is 0.0952. The van der Waals surface area contributed by atoms with E-state index in [2.05, 4.69) is 5.16 Å². The predicted octanol–water partition coefficient (Wildman–Crippen LogP) is 4.92. The minimum atomic E-state index is -0.922. The summed E-state index contributed by atoms with van der Waals surface area (Å²) in [4.78, 5) is 27.0. The van der Waals surface area contributed by atoms with Crippen LogP contribution in [0.4, 0.5) is 5.82 Å². The Bertz CT molecular complexity index is 1150. The van der Waals surface area contributed by atoms with Crippen molar-refractivity contribution in [2.45, 2.75) is 13.0 Å². The van der Waals surface area contributed by atoms with Gasteiger partial charge >= 0.3 is 5.91 Å². The van der Waals surface area contributed by atoms with E-state index in [-0.39, 0.29) is 17.2 Å². The van der Waals surface area contributed by atoms with Gasteiger partial charge < -0.3 is 9.63 Å². The molecular formula is C21H14Cl2N2O4. The molecule has 1 saturated heterocycles. The van der Waals surface area contributed by atoms with Gasteiger partial charge in [0, 0.05) is 21.7 Å². The number of aryl methyl sites for hydroxylation is 1. The third kappa shape index (κ3) is 3.41. The molecule has 0 radical (unpaired) electrons. The summed E-state index contributed by atoms with van der Waals surface area (Å²) in [5, 5.41) is 15.7. The fourth-order valence-corrected chi connectivity index (χ4v) is 3.62. The average Bonchev–Trinajstić information content (AvgIpc) is 3.23. The zero-order valence-corrected chi connectivity index (χ0v) is 16.6. The van der Waals surface area contributed by atoms with Gasteiger partial charge in [-0.3, -0.25) is 14.5 Å². The molecule has 0 aliphatic carbocycles. The zero-order valence-electron chi connectivity index (χ0n) is 15.1. The Hall–Kier alpha value is -3.09. The number of hydrogen-bond donors (Lipinski definition) is 1. The van der Waals surface area contributed by atoms with Crippen LogP contribution >= 0.6 is 23.2 Å². The van der Waals surface area contributed by atoms with E-state index in [0.717, 1.165) is 0 Å². The van der Waals surface area contributed by atoms with E-state index >= 15 is 0 Å². The molecule has 1 amide bonds. The molecule has 8 heteroatoms. The summed E-state index contributed by atoms with van der Waals surface area (Å²) in [5.74, 6) is -1.32. The summed E-state index contributed by atoms with van der Waals surface area (Å²) in [6, 6.07) is 13.7. The second-order valence-corrected chi connectivity index (χ2v) is 7.40. The summed E-state index contributed by atoms with van der Waals surface area (Å²) >= 11 is 12.1. The van der Waals surface area contributed by atoms with Crippen LogP contribution in [0.15, 0.2) is 64.7 Å². The van der Waals surface area contributed by atoms with Crippen molar-refractivity contribution in [3.8, 4) is 0 Å². The first-order chi connectivity index (χ1) is 13.9. The molecule has 6 nitrogen and oxygen atoms in total. The van der Waals surface area contributed by atoms with Crippen LogP contribution < -0.4 is 4.90 Å². The number of hydrogen-bond acceptors (Lipinski definition) is 5. The molecular weight excluding hydrogens is 415 g/mol. The van der Waals surface area contributed by atoms with Gasteiger partial charge in [0.2, 0.25) is 0 Å². The van der Waals surface area contributed by atoms with E-state index in [4.69, 9.17) is 27.7 Å². The van der Waals surface area contributed by atoms with Crippen molar-refractivity contribution in [1.29, 1.82) is 0 Å². The number of Topliss-reactive ketones (excluding diaryl/α,β-unsaturated/α-hetero) is 1. The number of amides is 1. The van der Waals surface area contributed by atoms with Crippen LogP contribution in [0.2, 0.25) is 10.0 Å². The maximum Gasteiger partial charge on any atom is 0.301 e. The molecule has 1 N–H and O–H groups in total. The second-order valence-electron chi connectivity index (χ2n) is 6.53. The van der Waals surface area contributed by atoms with E-state index in [0.29, 0.717) is 26.9 Å². The van der Waals surface area contributed by atoms with Gasteiger partial charge in [0.1, 0.15) is 11.5 Å². The van der Waals surface area contributed by atoms with E-state index in [1.807, 2.05) is 0 Å². The predicted molar refractivity (Wildman–Crippen MR) is 109 cm³/mol. The van der Waals surface area contributed by atoms with Crippen LogP contribution in [0.3, 0.4) is 0 Å². The van der Waals surface area contributed by atoms with Crippen LogP contribution in [0, 0.1) is 6.92 Å². The van der Waals surface area contributed by atoms with Crippen LogP contribution in [0.25, 0.3) is 5.76 Å². The summed E-state index contributed by atoms with van der Waals surface area (Å²) in [7, 11) is 0. The molecule has 4 rings (SSSR count). The fourth-order valence-electron chi connectivity index (χ4n) is 3.29. The Morgan fingerprint density at radius 1 is 1.07 bits per heavy atom. The maximum absolute atomic E-state index is 12.9. The quantitative estimate of drug-likeness (QED) is 0.363. The van der Waals surface area contributed by atoms with Crippen molar-refractivity contribution in [2.24, 2.45) is 0 Å².